The van der Waals surface area contributed by atoms with E-state index in [1.165, 1.54) is 0 Å². The molecule has 0 aliphatic carbocycles. The molecule has 0 aliphatic heterocycles. The van der Waals surface area contributed by atoms with E-state index in [1.807, 2.05) is 26.0 Å². The summed E-state index contributed by atoms with van der Waals surface area (Å²) in [7, 11) is 0. The van der Waals surface area contributed by atoms with Crippen LogP contribution in [-0.2, 0) is 0 Å². The first-order valence-corrected chi connectivity index (χ1v) is 6.13. The maximum Gasteiger partial charge on any atom is 0.132 e. The highest BCUT2D eigenvalue weighted by atomic mass is 35.5. The predicted molar refractivity (Wildman–Crippen MR) is 76.6 cm³/mol. The van der Waals surface area contributed by atoms with Gasteiger partial charge >= 0.3 is 0 Å². The number of hydrogen-bond donors (Lipinski definition) is 1. The number of nitrogen functional groups attached to an aromatic ring is 1. The number of hydrogen-bond acceptors (Lipinski definition) is 3. The lowest BCUT2D eigenvalue weighted by Crippen LogP contribution is -1.94. The summed E-state index contributed by atoms with van der Waals surface area (Å²) < 4.78 is 5.75. The van der Waals surface area contributed by atoms with Crippen LogP contribution in [0.2, 0.25) is 5.02 Å². The number of benzene rings is 2. The number of nitrogens with two attached hydrogens (primary N) is 1. The smallest absolute Gasteiger partial charge is 0.132 e. The molecule has 2 N–H and O–H groups in total. The summed E-state index contributed by atoms with van der Waals surface area (Å²) in [5, 5.41) is 9.19. The lowest BCUT2D eigenvalue weighted by Gasteiger charge is -2.11. The van der Waals surface area contributed by atoms with E-state index in [4.69, 9.17) is 27.3 Å². The molecule has 3 nitrogen and oxygen atoms in total. The van der Waals surface area contributed by atoms with Gasteiger partial charge in [-0.15, -0.1) is 0 Å². The Morgan fingerprint density at radius 3 is 2.53 bits per heavy atom. The van der Waals surface area contributed by atoms with Crippen LogP contribution in [0.4, 0.5) is 5.69 Å². The minimum atomic E-state index is 0.373. The highest BCUT2D eigenvalue weighted by Gasteiger charge is 2.07. The van der Waals surface area contributed by atoms with Crippen LogP contribution in [0.25, 0.3) is 0 Å². The number of aryl methyl sites for hydroxylation is 2. The lowest BCUT2D eigenvalue weighted by atomic mass is 10.1. The highest BCUT2D eigenvalue weighted by Crippen LogP contribution is 2.31. The fraction of sp³-hybridized carbons (Fsp3) is 0.133. The van der Waals surface area contributed by atoms with Gasteiger partial charge in [0.25, 0.3) is 0 Å². The number of nitriles is 1. The van der Waals surface area contributed by atoms with Crippen molar-refractivity contribution < 1.29 is 4.74 Å². The van der Waals surface area contributed by atoms with E-state index in [-0.39, 0.29) is 0 Å². The first kappa shape index (κ1) is 13.3. The average molecular weight is 273 g/mol. The van der Waals surface area contributed by atoms with Gasteiger partial charge in [0, 0.05) is 17.8 Å². The zero-order chi connectivity index (χ0) is 14.0. The van der Waals surface area contributed by atoms with Crippen molar-refractivity contribution in [1.82, 2.24) is 0 Å². The second kappa shape index (κ2) is 5.21. The van der Waals surface area contributed by atoms with Crippen LogP contribution in [0.15, 0.2) is 30.3 Å². The molecule has 0 fully saturated rings. The van der Waals surface area contributed by atoms with Gasteiger partial charge in [-0.25, -0.2) is 0 Å². The summed E-state index contributed by atoms with van der Waals surface area (Å²) in [4.78, 5) is 0. The number of rotatable bonds is 2. The van der Waals surface area contributed by atoms with E-state index in [2.05, 4.69) is 0 Å². The molecule has 0 heterocycles. The molecule has 0 saturated heterocycles. The molecule has 0 aromatic heterocycles. The summed E-state index contributed by atoms with van der Waals surface area (Å²) in [6.45, 7) is 3.90. The fourth-order valence-corrected chi connectivity index (χ4v) is 1.95. The normalized spacial score (nSPS) is 10.0. The second-order valence-corrected chi connectivity index (χ2v) is 4.74. The zero-order valence-corrected chi connectivity index (χ0v) is 11.5. The molecule has 4 heteroatoms. The quantitative estimate of drug-likeness (QED) is 0.834. The maximum atomic E-state index is 8.82. The molecule has 0 amide bonds. The molecule has 2 rings (SSSR count). The third-order valence-corrected chi connectivity index (χ3v) is 3.17. The Hall–Kier alpha value is -2.18. The van der Waals surface area contributed by atoms with E-state index >= 15 is 0 Å². The van der Waals surface area contributed by atoms with Gasteiger partial charge in [0.15, 0.2) is 0 Å². The predicted octanol–water partition coefficient (Wildman–Crippen LogP) is 4.20. The SMILES string of the molecule is Cc1cc(C)c(Oc2ccc(C#N)c(Cl)c2)cc1N. The Kier molecular flexibility index (Phi) is 3.64. The van der Waals surface area contributed by atoms with E-state index in [0.29, 0.717) is 27.8 Å². The topological polar surface area (TPSA) is 59.0 Å². The molecular weight excluding hydrogens is 260 g/mol. The maximum absolute atomic E-state index is 8.82. The van der Waals surface area contributed by atoms with Crippen molar-refractivity contribution in [2.45, 2.75) is 13.8 Å². The molecule has 0 bridgehead atoms. The van der Waals surface area contributed by atoms with Crippen molar-refractivity contribution in [3.8, 4) is 17.6 Å². The van der Waals surface area contributed by atoms with E-state index in [0.717, 1.165) is 11.1 Å². The monoisotopic (exact) mass is 272 g/mol. The highest BCUT2D eigenvalue weighted by molar-refractivity contribution is 6.31. The Morgan fingerprint density at radius 2 is 1.89 bits per heavy atom. The van der Waals surface area contributed by atoms with Crippen molar-refractivity contribution in [3.05, 3.63) is 52.0 Å². The Balaban J connectivity index is 2.34. The van der Waals surface area contributed by atoms with Gasteiger partial charge in [0.05, 0.1) is 10.6 Å². The van der Waals surface area contributed by atoms with Crippen LogP contribution in [-0.4, -0.2) is 0 Å². The minimum absolute atomic E-state index is 0.373. The molecule has 0 aliphatic rings. The molecule has 0 radical (unpaired) electrons. The van der Waals surface area contributed by atoms with Crippen LogP contribution < -0.4 is 10.5 Å². The van der Waals surface area contributed by atoms with Crippen LogP contribution >= 0.6 is 11.6 Å². The van der Waals surface area contributed by atoms with Crippen molar-refractivity contribution in [3.63, 3.8) is 0 Å². The summed E-state index contributed by atoms with van der Waals surface area (Å²) >= 11 is 5.96. The van der Waals surface area contributed by atoms with Gasteiger partial charge in [-0.3, -0.25) is 0 Å². The van der Waals surface area contributed by atoms with Gasteiger partial charge in [-0.2, -0.15) is 5.26 Å². The van der Waals surface area contributed by atoms with Gasteiger partial charge in [-0.1, -0.05) is 17.7 Å². The number of ether oxygens (including phenoxy) is 1. The third-order valence-electron chi connectivity index (χ3n) is 2.85. The van der Waals surface area contributed by atoms with Crippen LogP contribution in [0.1, 0.15) is 16.7 Å². The van der Waals surface area contributed by atoms with E-state index in [9.17, 15) is 0 Å². The molecule has 0 spiro atoms. The first-order valence-electron chi connectivity index (χ1n) is 5.75. The molecule has 2 aromatic rings. The Morgan fingerprint density at radius 1 is 1.16 bits per heavy atom. The zero-order valence-electron chi connectivity index (χ0n) is 10.7. The number of halogens is 1. The summed E-state index contributed by atoms with van der Waals surface area (Å²) in [5.74, 6) is 1.26. The molecule has 96 valence electrons. The summed E-state index contributed by atoms with van der Waals surface area (Å²) in [6.07, 6.45) is 0. The van der Waals surface area contributed by atoms with Crippen molar-refractivity contribution >= 4 is 17.3 Å². The van der Waals surface area contributed by atoms with Gasteiger partial charge < -0.3 is 10.5 Å². The van der Waals surface area contributed by atoms with E-state index in [1.54, 1.807) is 24.3 Å². The minimum Gasteiger partial charge on any atom is -0.457 e. The molecular formula is C15H13ClN2O. The van der Waals surface area contributed by atoms with Gasteiger partial charge in [0.2, 0.25) is 0 Å². The molecule has 0 atom stereocenters. The van der Waals surface area contributed by atoms with Crippen molar-refractivity contribution in [2.75, 3.05) is 5.73 Å². The standard InChI is InChI=1S/C15H13ClN2O/c1-9-5-10(2)15(7-14(9)18)19-12-4-3-11(8-17)13(16)6-12/h3-7H,18H2,1-2H3. The van der Waals surface area contributed by atoms with Crippen LogP contribution in [0, 0.1) is 25.2 Å². The first-order chi connectivity index (χ1) is 9.01. The summed E-state index contributed by atoms with van der Waals surface area (Å²) in [5.41, 5.74) is 8.98. The fourth-order valence-electron chi connectivity index (χ4n) is 1.74. The molecule has 19 heavy (non-hydrogen) atoms. The Bertz CT molecular complexity index is 675. The second-order valence-electron chi connectivity index (χ2n) is 4.33. The Labute approximate surface area is 117 Å². The van der Waals surface area contributed by atoms with Crippen molar-refractivity contribution in [2.24, 2.45) is 0 Å². The molecule has 0 unspecified atom stereocenters. The van der Waals surface area contributed by atoms with Crippen LogP contribution in [0.5, 0.6) is 11.5 Å². The van der Waals surface area contributed by atoms with Gasteiger partial charge in [-0.05, 0) is 37.1 Å². The number of anilines is 1. The third kappa shape index (κ3) is 2.81. The molecule has 2 aromatic carbocycles. The average Bonchev–Trinajstić information content (AvgIpc) is 2.36. The summed E-state index contributed by atoms with van der Waals surface area (Å²) in [6, 6.07) is 10.7. The largest absolute Gasteiger partial charge is 0.457 e. The molecule has 0 saturated carbocycles. The number of nitrogens with zero attached hydrogens (tertiary/aromatic N) is 1. The van der Waals surface area contributed by atoms with Crippen molar-refractivity contribution in [1.29, 1.82) is 5.26 Å². The lowest BCUT2D eigenvalue weighted by molar-refractivity contribution is 0.479. The van der Waals surface area contributed by atoms with Gasteiger partial charge in [0.1, 0.15) is 17.6 Å². The van der Waals surface area contributed by atoms with Crippen LogP contribution in [0.3, 0.4) is 0 Å². The van der Waals surface area contributed by atoms with E-state index < -0.39 is 0 Å².